The third-order valence-electron chi connectivity index (χ3n) is 2.88. The molecule has 19 heavy (non-hydrogen) atoms. The van der Waals surface area contributed by atoms with Crippen molar-refractivity contribution in [2.75, 3.05) is 12.4 Å². The zero-order valence-electron chi connectivity index (χ0n) is 11.1. The van der Waals surface area contributed by atoms with Gasteiger partial charge < -0.3 is 10.5 Å². The molecule has 0 aliphatic heterocycles. The van der Waals surface area contributed by atoms with Crippen molar-refractivity contribution in [1.82, 2.24) is 0 Å². The minimum Gasteiger partial charge on any atom is -0.465 e. The molecule has 0 aliphatic carbocycles. The van der Waals surface area contributed by atoms with E-state index in [1.807, 2.05) is 6.07 Å². The fraction of sp³-hybridized carbons (Fsp3) is 0.462. The third kappa shape index (κ3) is 4.33. The van der Waals surface area contributed by atoms with Gasteiger partial charge in [-0.1, -0.05) is 30.3 Å². The lowest BCUT2D eigenvalue weighted by molar-refractivity contribution is -0.139. The van der Waals surface area contributed by atoms with Gasteiger partial charge in [-0.25, -0.2) is 8.42 Å². The number of rotatable bonds is 6. The van der Waals surface area contributed by atoms with Crippen LogP contribution in [0.1, 0.15) is 25.5 Å². The van der Waals surface area contributed by atoms with E-state index in [4.69, 9.17) is 5.73 Å². The predicted molar refractivity (Wildman–Crippen MR) is 73.3 cm³/mol. The molecule has 6 heteroatoms. The summed E-state index contributed by atoms with van der Waals surface area (Å²) in [5, 5.41) is -0.848. The van der Waals surface area contributed by atoms with Crippen LogP contribution in [-0.2, 0) is 19.4 Å². The normalized spacial score (nSPS) is 14.7. The standard InChI is InChI=1S/C13H19NO4S/c1-3-18-12(15)9-19(16,17)10(2)13(14)11-7-5-4-6-8-11/h4-8,10,13H,3,9,14H2,1-2H3. The van der Waals surface area contributed by atoms with Gasteiger partial charge in [0.15, 0.2) is 9.84 Å². The number of carbonyl (C=O) groups is 1. The number of benzene rings is 1. The Kier molecular flexibility index (Phi) is 5.50. The van der Waals surface area contributed by atoms with E-state index >= 15 is 0 Å². The first-order chi connectivity index (χ1) is 8.88. The third-order valence-corrected chi connectivity index (χ3v) is 4.95. The SMILES string of the molecule is CCOC(=O)CS(=O)(=O)C(C)C(N)c1ccccc1. The molecule has 0 aliphatic rings. The van der Waals surface area contributed by atoms with Crippen molar-refractivity contribution in [3.8, 4) is 0 Å². The van der Waals surface area contributed by atoms with Crippen LogP contribution in [0, 0.1) is 0 Å². The number of nitrogens with two attached hydrogens (primary N) is 1. The van der Waals surface area contributed by atoms with E-state index in [-0.39, 0.29) is 6.61 Å². The van der Waals surface area contributed by atoms with Gasteiger partial charge in [0.2, 0.25) is 0 Å². The molecule has 0 aromatic heterocycles. The summed E-state index contributed by atoms with van der Waals surface area (Å²) >= 11 is 0. The highest BCUT2D eigenvalue weighted by Gasteiger charge is 2.30. The Balaban J connectivity index is 2.81. The Hall–Kier alpha value is -1.40. The molecule has 1 rings (SSSR count). The van der Waals surface area contributed by atoms with Crippen molar-refractivity contribution in [2.24, 2.45) is 5.73 Å². The molecular formula is C13H19NO4S. The van der Waals surface area contributed by atoms with Crippen molar-refractivity contribution in [1.29, 1.82) is 0 Å². The van der Waals surface area contributed by atoms with Gasteiger partial charge in [-0.3, -0.25) is 4.79 Å². The van der Waals surface area contributed by atoms with Gasteiger partial charge in [-0.2, -0.15) is 0 Å². The van der Waals surface area contributed by atoms with Crippen molar-refractivity contribution >= 4 is 15.8 Å². The molecule has 0 amide bonds. The topological polar surface area (TPSA) is 86.5 Å². The summed E-state index contributed by atoms with van der Waals surface area (Å²) in [5.41, 5.74) is 6.67. The number of carbonyl (C=O) groups excluding carboxylic acids is 1. The molecule has 0 saturated heterocycles. The van der Waals surface area contributed by atoms with E-state index in [0.29, 0.717) is 0 Å². The lowest BCUT2D eigenvalue weighted by atomic mass is 10.1. The average molecular weight is 285 g/mol. The Morgan fingerprint density at radius 3 is 2.42 bits per heavy atom. The van der Waals surface area contributed by atoms with E-state index in [0.717, 1.165) is 5.56 Å². The van der Waals surface area contributed by atoms with Gasteiger partial charge in [0.25, 0.3) is 0 Å². The van der Waals surface area contributed by atoms with Crippen molar-refractivity contribution < 1.29 is 17.9 Å². The van der Waals surface area contributed by atoms with Crippen molar-refractivity contribution in [3.05, 3.63) is 35.9 Å². The van der Waals surface area contributed by atoms with E-state index in [1.54, 1.807) is 31.2 Å². The Bertz CT molecular complexity index is 513. The first-order valence-corrected chi connectivity index (χ1v) is 7.77. The van der Waals surface area contributed by atoms with E-state index in [2.05, 4.69) is 4.74 Å². The molecule has 0 spiro atoms. The summed E-state index contributed by atoms with van der Waals surface area (Å²) in [4.78, 5) is 11.3. The molecule has 1 aromatic rings. The minimum atomic E-state index is -3.63. The first-order valence-electron chi connectivity index (χ1n) is 6.06. The maximum absolute atomic E-state index is 12.0. The summed E-state index contributed by atoms with van der Waals surface area (Å²) in [6.07, 6.45) is 0. The average Bonchev–Trinajstić information content (AvgIpc) is 2.37. The van der Waals surface area contributed by atoms with Crippen LogP contribution >= 0.6 is 0 Å². The van der Waals surface area contributed by atoms with Crippen LogP contribution in [0.25, 0.3) is 0 Å². The second-order valence-corrected chi connectivity index (χ2v) is 6.61. The first kappa shape index (κ1) is 15.7. The molecule has 0 saturated carbocycles. The molecule has 106 valence electrons. The Morgan fingerprint density at radius 2 is 1.89 bits per heavy atom. The number of hydrogen-bond acceptors (Lipinski definition) is 5. The minimum absolute atomic E-state index is 0.160. The van der Waals surface area contributed by atoms with Gasteiger partial charge >= 0.3 is 5.97 Å². The summed E-state index contributed by atoms with van der Waals surface area (Å²) < 4.78 is 28.8. The van der Waals surface area contributed by atoms with Gasteiger partial charge in [-0.15, -0.1) is 0 Å². The summed E-state index contributed by atoms with van der Waals surface area (Å²) in [7, 11) is -3.63. The van der Waals surface area contributed by atoms with Crippen LogP contribution in [0.3, 0.4) is 0 Å². The number of sulfone groups is 1. The highest BCUT2D eigenvalue weighted by molar-refractivity contribution is 7.92. The van der Waals surface area contributed by atoms with Crippen molar-refractivity contribution in [3.63, 3.8) is 0 Å². The highest BCUT2D eigenvalue weighted by atomic mass is 32.2. The summed E-state index contributed by atoms with van der Waals surface area (Å²) in [6, 6.07) is 8.27. The lowest BCUT2D eigenvalue weighted by Crippen LogP contribution is -2.35. The second kappa shape index (κ2) is 6.68. The smallest absolute Gasteiger partial charge is 0.321 e. The number of ether oxygens (including phenoxy) is 1. The molecule has 2 atom stereocenters. The van der Waals surface area contributed by atoms with E-state index < -0.39 is 32.9 Å². The van der Waals surface area contributed by atoms with Crippen LogP contribution in [0.5, 0.6) is 0 Å². The highest BCUT2D eigenvalue weighted by Crippen LogP contribution is 2.20. The van der Waals surface area contributed by atoms with Crippen LogP contribution in [0.15, 0.2) is 30.3 Å². The quantitative estimate of drug-likeness (QED) is 0.790. The predicted octanol–water partition coefficient (Wildman–Crippen LogP) is 1.05. The Morgan fingerprint density at radius 1 is 1.32 bits per heavy atom. The fourth-order valence-corrected chi connectivity index (χ4v) is 2.95. The molecule has 2 unspecified atom stereocenters. The van der Waals surface area contributed by atoms with Crippen LogP contribution in [0.2, 0.25) is 0 Å². The molecular weight excluding hydrogens is 266 g/mol. The maximum Gasteiger partial charge on any atom is 0.321 e. The molecule has 0 radical (unpaired) electrons. The maximum atomic E-state index is 12.0. The molecule has 1 aromatic carbocycles. The van der Waals surface area contributed by atoms with E-state index in [9.17, 15) is 13.2 Å². The van der Waals surface area contributed by atoms with Crippen LogP contribution in [-0.4, -0.2) is 32.0 Å². The van der Waals surface area contributed by atoms with Gasteiger partial charge in [0.05, 0.1) is 11.9 Å². The Labute approximate surface area is 113 Å². The van der Waals surface area contributed by atoms with Crippen molar-refractivity contribution in [2.45, 2.75) is 25.1 Å². The van der Waals surface area contributed by atoms with Gasteiger partial charge in [0, 0.05) is 6.04 Å². The fourth-order valence-electron chi connectivity index (χ4n) is 1.67. The van der Waals surface area contributed by atoms with Gasteiger partial charge in [-0.05, 0) is 19.4 Å². The summed E-state index contributed by atoms with van der Waals surface area (Å²) in [6.45, 7) is 3.29. The lowest BCUT2D eigenvalue weighted by Gasteiger charge is -2.20. The largest absolute Gasteiger partial charge is 0.465 e. The summed E-state index contributed by atoms with van der Waals surface area (Å²) in [5.74, 6) is -1.38. The van der Waals surface area contributed by atoms with Crippen LogP contribution < -0.4 is 5.73 Å². The monoisotopic (exact) mass is 285 g/mol. The number of hydrogen-bond donors (Lipinski definition) is 1. The zero-order valence-corrected chi connectivity index (χ0v) is 11.9. The molecule has 2 N–H and O–H groups in total. The number of esters is 1. The zero-order chi connectivity index (χ0) is 14.5. The second-order valence-electron chi connectivity index (χ2n) is 4.25. The molecule has 0 heterocycles. The molecule has 5 nitrogen and oxygen atoms in total. The molecule has 0 fully saturated rings. The van der Waals surface area contributed by atoms with Crippen LogP contribution in [0.4, 0.5) is 0 Å². The van der Waals surface area contributed by atoms with E-state index in [1.165, 1.54) is 6.92 Å². The molecule has 0 bridgehead atoms. The van der Waals surface area contributed by atoms with Gasteiger partial charge in [0.1, 0.15) is 5.75 Å².